The van der Waals surface area contributed by atoms with Crippen LogP contribution in [0.2, 0.25) is 0 Å². The third-order valence-corrected chi connectivity index (χ3v) is 2.71. The lowest BCUT2D eigenvalue weighted by molar-refractivity contribution is -0.114. The van der Waals surface area contributed by atoms with Gasteiger partial charge in [-0.15, -0.1) is 0 Å². The number of nitrogens with two attached hydrogens (primary N) is 1. The Morgan fingerprint density at radius 1 is 1.00 bits per heavy atom. The maximum atomic E-state index is 11.3. The summed E-state index contributed by atoms with van der Waals surface area (Å²) < 4.78 is 0. The maximum absolute atomic E-state index is 11.3. The fourth-order valence-electron chi connectivity index (χ4n) is 1.81. The first kappa shape index (κ1) is 12.3. The van der Waals surface area contributed by atoms with Crippen molar-refractivity contribution in [1.82, 2.24) is 0 Å². The minimum absolute atomic E-state index is 0.000326. The smallest absolute Gasteiger partial charge is 0.238 e. The molecule has 2 aromatic carbocycles. The topological polar surface area (TPSA) is 55.1 Å². The predicted molar refractivity (Wildman–Crippen MR) is 73.4 cm³/mol. The highest BCUT2D eigenvalue weighted by Gasteiger charge is 2.05. The zero-order valence-corrected chi connectivity index (χ0v) is 10.1. The Bertz CT molecular complexity index is 523. The van der Waals surface area contributed by atoms with Gasteiger partial charge in [-0.05, 0) is 23.6 Å². The van der Waals surface area contributed by atoms with Gasteiger partial charge in [0.1, 0.15) is 0 Å². The molecule has 3 N–H and O–H groups in total. The van der Waals surface area contributed by atoms with Crippen LogP contribution in [0.15, 0.2) is 54.6 Å². The van der Waals surface area contributed by atoms with Crippen LogP contribution in [0.1, 0.15) is 11.1 Å². The van der Waals surface area contributed by atoms with Crippen LogP contribution >= 0.6 is 0 Å². The van der Waals surface area contributed by atoms with Crippen LogP contribution in [0, 0.1) is 0 Å². The van der Waals surface area contributed by atoms with E-state index in [0.29, 0.717) is 0 Å². The molecule has 0 aliphatic heterocycles. The summed E-state index contributed by atoms with van der Waals surface area (Å²) in [6.07, 6.45) is 0.794. The van der Waals surface area contributed by atoms with Crippen molar-refractivity contribution in [2.24, 2.45) is 5.73 Å². The molecule has 0 saturated heterocycles. The summed E-state index contributed by atoms with van der Waals surface area (Å²) >= 11 is 0. The van der Waals surface area contributed by atoms with E-state index in [1.807, 2.05) is 42.5 Å². The third-order valence-electron chi connectivity index (χ3n) is 2.71. The third kappa shape index (κ3) is 3.18. The molecule has 3 heteroatoms. The minimum Gasteiger partial charge on any atom is -0.325 e. The number of anilines is 1. The largest absolute Gasteiger partial charge is 0.325 e. The monoisotopic (exact) mass is 240 g/mol. The number of carbonyl (C=O) groups excluding carboxylic acids is 1. The molecule has 3 nitrogen and oxygen atoms in total. The first-order valence-electron chi connectivity index (χ1n) is 5.91. The molecule has 2 rings (SSSR count). The second kappa shape index (κ2) is 5.98. The lowest BCUT2D eigenvalue weighted by atomic mass is 10.0. The molecule has 18 heavy (non-hydrogen) atoms. The van der Waals surface area contributed by atoms with E-state index < -0.39 is 0 Å². The van der Waals surface area contributed by atoms with Crippen LogP contribution in [0.5, 0.6) is 0 Å². The van der Waals surface area contributed by atoms with Crippen LogP contribution in [-0.2, 0) is 11.2 Å². The van der Waals surface area contributed by atoms with E-state index >= 15 is 0 Å². The maximum Gasteiger partial charge on any atom is 0.238 e. The first-order chi connectivity index (χ1) is 8.79. The van der Waals surface area contributed by atoms with E-state index in [4.69, 9.17) is 5.73 Å². The Hall–Kier alpha value is -2.13. The lowest BCUT2D eigenvalue weighted by Gasteiger charge is -2.10. The first-order valence-corrected chi connectivity index (χ1v) is 5.91. The zero-order valence-electron chi connectivity index (χ0n) is 10.1. The van der Waals surface area contributed by atoms with Gasteiger partial charge in [0, 0.05) is 5.69 Å². The van der Waals surface area contributed by atoms with Crippen molar-refractivity contribution in [2.45, 2.75) is 6.42 Å². The van der Waals surface area contributed by atoms with Gasteiger partial charge in [-0.1, -0.05) is 48.5 Å². The van der Waals surface area contributed by atoms with Gasteiger partial charge in [-0.25, -0.2) is 0 Å². The van der Waals surface area contributed by atoms with Gasteiger partial charge < -0.3 is 11.1 Å². The molecule has 2 aromatic rings. The lowest BCUT2D eigenvalue weighted by Crippen LogP contribution is -2.22. The van der Waals surface area contributed by atoms with Crippen molar-refractivity contribution >= 4 is 11.6 Å². The molecule has 0 aliphatic rings. The number of hydrogen-bond donors (Lipinski definition) is 2. The van der Waals surface area contributed by atoms with Crippen LogP contribution in [-0.4, -0.2) is 12.5 Å². The molecule has 0 aliphatic carbocycles. The number of rotatable bonds is 4. The summed E-state index contributed by atoms with van der Waals surface area (Å²) in [6.45, 7) is -0.000326. The SMILES string of the molecule is NCC(=O)Nc1ccccc1Cc1ccccc1. The van der Waals surface area contributed by atoms with E-state index in [-0.39, 0.29) is 12.5 Å². The van der Waals surface area contributed by atoms with Crippen molar-refractivity contribution in [1.29, 1.82) is 0 Å². The molecule has 0 atom stereocenters. The van der Waals surface area contributed by atoms with E-state index in [1.165, 1.54) is 5.56 Å². The fraction of sp³-hybridized carbons (Fsp3) is 0.133. The Kier molecular flexibility index (Phi) is 4.10. The van der Waals surface area contributed by atoms with Gasteiger partial charge in [0.05, 0.1) is 6.54 Å². The molecule has 92 valence electrons. The quantitative estimate of drug-likeness (QED) is 0.860. The number of nitrogens with one attached hydrogen (secondary N) is 1. The van der Waals surface area contributed by atoms with Gasteiger partial charge in [0.25, 0.3) is 0 Å². The molecule has 0 bridgehead atoms. The van der Waals surface area contributed by atoms with Gasteiger partial charge in [0.2, 0.25) is 5.91 Å². The molecule has 1 amide bonds. The Balaban J connectivity index is 2.20. The number of hydrogen-bond acceptors (Lipinski definition) is 2. The summed E-state index contributed by atoms with van der Waals surface area (Å²) in [5.41, 5.74) is 8.44. The highest BCUT2D eigenvalue weighted by molar-refractivity contribution is 5.92. The van der Waals surface area contributed by atoms with Crippen LogP contribution < -0.4 is 11.1 Å². The van der Waals surface area contributed by atoms with Gasteiger partial charge >= 0.3 is 0 Å². The molecule has 0 spiro atoms. The fourth-order valence-corrected chi connectivity index (χ4v) is 1.81. The average Bonchev–Trinajstić information content (AvgIpc) is 2.42. The molecule has 0 heterocycles. The van der Waals surface area contributed by atoms with E-state index in [2.05, 4.69) is 17.4 Å². The van der Waals surface area contributed by atoms with Gasteiger partial charge in [0.15, 0.2) is 0 Å². The van der Waals surface area contributed by atoms with E-state index in [1.54, 1.807) is 0 Å². The number of benzene rings is 2. The molecular formula is C15H16N2O. The summed E-state index contributed by atoms with van der Waals surface area (Å²) in [5, 5.41) is 2.82. The Morgan fingerprint density at radius 2 is 1.67 bits per heavy atom. The molecule has 0 fully saturated rings. The summed E-state index contributed by atoms with van der Waals surface area (Å²) in [6, 6.07) is 17.9. The van der Waals surface area contributed by atoms with Gasteiger partial charge in [-0.2, -0.15) is 0 Å². The van der Waals surface area contributed by atoms with Crippen molar-refractivity contribution < 1.29 is 4.79 Å². The van der Waals surface area contributed by atoms with Crippen molar-refractivity contribution in [2.75, 3.05) is 11.9 Å². The Labute approximate surface area is 107 Å². The second-order valence-corrected chi connectivity index (χ2v) is 4.07. The molecule has 0 saturated carbocycles. The summed E-state index contributed by atoms with van der Waals surface area (Å²) in [4.78, 5) is 11.3. The van der Waals surface area contributed by atoms with Gasteiger partial charge in [-0.3, -0.25) is 4.79 Å². The average molecular weight is 240 g/mol. The zero-order chi connectivity index (χ0) is 12.8. The molecule has 0 radical (unpaired) electrons. The van der Waals surface area contributed by atoms with Crippen LogP contribution in [0.3, 0.4) is 0 Å². The highest BCUT2D eigenvalue weighted by Crippen LogP contribution is 2.18. The summed E-state index contributed by atoms with van der Waals surface area (Å²) in [5.74, 6) is -0.171. The highest BCUT2D eigenvalue weighted by atomic mass is 16.1. The number of carbonyl (C=O) groups is 1. The van der Waals surface area contributed by atoms with E-state index in [0.717, 1.165) is 17.7 Å². The van der Waals surface area contributed by atoms with Crippen molar-refractivity contribution in [3.05, 3.63) is 65.7 Å². The molecular weight excluding hydrogens is 224 g/mol. The normalized spacial score (nSPS) is 10.1. The van der Waals surface area contributed by atoms with Crippen LogP contribution in [0.25, 0.3) is 0 Å². The number of amides is 1. The molecule has 0 aromatic heterocycles. The Morgan fingerprint density at radius 3 is 2.39 bits per heavy atom. The number of para-hydroxylation sites is 1. The second-order valence-electron chi connectivity index (χ2n) is 4.07. The van der Waals surface area contributed by atoms with E-state index in [9.17, 15) is 4.79 Å². The van der Waals surface area contributed by atoms with Crippen molar-refractivity contribution in [3.8, 4) is 0 Å². The predicted octanol–water partition coefficient (Wildman–Crippen LogP) is 2.17. The minimum atomic E-state index is -0.171. The molecule has 0 unspecified atom stereocenters. The summed E-state index contributed by atoms with van der Waals surface area (Å²) in [7, 11) is 0. The van der Waals surface area contributed by atoms with Crippen molar-refractivity contribution in [3.63, 3.8) is 0 Å². The van der Waals surface area contributed by atoms with Crippen LogP contribution in [0.4, 0.5) is 5.69 Å². The standard InChI is InChI=1S/C15H16N2O/c16-11-15(18)17-14-9-5-4-8-13(14)10-12-6-2-1-3-7-12/h1-9H,10-11,16H2,(H,17,18).